The molecule has 0 saturated heterocycles. The summed E-state index contributed by atoms with van der Waals surface area (Å²) in [4.78, 5) is 17.2. The predicted molar refractivity (Wildman–Crippen MR) is 115 cm³/mol. The Balaban J connectivity index is 1.87. The summed E-state index contributed by atoms with van der Waals surface area (Å²) in [7, 11) is 0. The van der Waals surface area contributed by atoms with Gasteiger partial charge >= 0.3 is 0 Å². The molecule has 3 N–H and O–H groups in total. The molecular formula is C19H12BrN5OS2. The number of hydrogen-bond acceptors (Lipinski definition) is 7. The molecule has 0 aliphatic heterocycles. The molecule has 3 rings (SSSR count). The quantitative estimate of drug-likeness (QED) is 0.526. The number of nitrogens with one attached hydrogen (secondary N) is 1. The number of halogens is 1. The van der Waals surface area contributed by atoms with Crippen LogP contribution in [0.1, 0.15) is 11.1 Å². The molecule has 3 aromatic rings. The van der Waals surface area contributed by atoms with E-state index in [2.05, 4.69) is 32.3 Å². The maximum Gasteiger partial charge on any atom is 0.234 e. The fourth-order valence-electron chi connectivity index (χ4n) is 2.47. The lowest BCUT2D eigenvalue weighted by Gasteiger charge is -2.11. The van der Waals surface area contributed by atoms with Crippen LogP contribution < -0.4 is 11.1 Å². The van der Waals surface area contributed by atoms with Crippen LogP contribution in [-0.2, 0) is 4.79 Å². The first-order valence-electron chi connectivity index (χ1n) is 7.89. The number of benzene rings is 1. The number of thiophene rings is 1. The molecule has 6 nitrogen and oxygen atoms in total. The third-order valence-electron chi connectivity index (χ3n) is 3.63. The van der Waals surface area contributed by atoms with Gasteiger partial charge in [-0.25, -0.2) is 4.98 Å². The first-order chi connectivity index (χ1) is 13.5. The second-order valence-electron chi connectivity index (χ2n) is 5.48. The number of carbonyl (C=O) groups is 1. The molecule has 1 amide bonds. The molecule has 1 aromatic carbocycles. The van der Waals surface area contributed by atoms with Gasteiger partial charge in [0.2, 0.25) is 5.91 Å². The summed E-state index contributed by atoms with van der Waals surface area (Å²) in [6.45, 7) is 0. The molecule has 9 heteroatoms. The Morgan fingerprint density at radius 3 is 2.68 bits per heavy atom. The molecule has 0 atom stereocenters. The van der Waals surface area contributed by atoms with Crippen molar-refractivity contribution in [3.63, 3.8) is 0 Å². The summed E-state index contributed by atoms with van der Waals surface area (Å²) in [5.41, 5.74) is 7.48. The minimum Gasteiger partial charge on any atom is -0.383 e. The standard InChI is InChI=1S/C19H12BrN5OS2/c20-11-3-1-4-12(7-11)24-16(26)10-28-19-14(9-22)17(15-5-2-6-27-15)13(8-21)18(23)25-19/h1-7H,10H2,(H2,23,25)(H,24,26). The minimum absolute atomic E-state index is 0.0415. The molecule has 0 radical (unpaired) electrons. The summed E-state index contributed by atoms with van der Waals surface area (Å²) in [6.07, 6.45) is 0. The third kappa shape index (κ3) is 4.34. The fraction of sp³-hybridized carbons (Fsp3) is 0.0526. The lowest BCUT2D eigenvalue weighted by atomic mass is 10.0. The summed E-state index contributed by atoms with van der Waals surface area (Å²) >= 11 is 5.86. The van der Waals surface area contributed by atoms with E-state index in [4.69, 9.17) is 5.73 Å². The van der Waals surface area contributed by atoms with E-state index in [0.717, 1.165) is 21.1 Å². The van der Waals surface area contributed by atoms with Gasteiger partial charge in [-0.05, 0) is 29.6 Å². The highest BCUT2D eigenvalue weighted by Crippen LogP contribution is 2.37. The Kier molecular flexibility index (Phi) is 6.32. The number of aromatic nitrogens is 1. The van der Waals surface area contributed by atoms with Gasteiger partial charge < -0.3 is 11.1 Å². The van der Waals surface area contributed by atoms with Crippen molar-refractivity contribution in [2.75, 3.05) is 16.8 Å². The zero-order valence-electron chi connectivity index (χ0n) is 14.3. The molecule has 0 fully saturated rings. The Labute approximate surface area is 178 Å². The number of anilines is 2. The van der Waals surface area contributed by atoms with Gasteiger partial charge in [0, 0.05) is 20.6 Å². The number of amides is 1. The monoisotopic (exact) mass is 469 g/mol. The molecular weight excluding hydrogens is 458 g/mol. The topological polar surface area (TPSA) is 116 Å². The van der Waals surface area contributed by atoms with Crippen molar-refractivity contribution < 1.29 is 4.79 Å². The Morgan fingerprint density at radius 2 is 2.04 bits per heavy atom. The molecule has 138 valence electrons. The van der Waals surface area contributed by atoms with Gasteiger partial charge in [0.15, 0.2) is 0 Å². The number of hydrogen-bond donors (Lipinski definition) is 2. The molecule has 0 bridgehead atoms. The highest BCUT2D eigenvalue weighted by atomic mass is 79.9. The SMILES string of the molecule is N#Cc1c(N)nc(SCC(=O)Nc2cccc(Br)c2)c(C#N)c1-c1cccs1. The lowest BCUT2D eigenvalue weighted by molar-refractivity contribution is -0.113. The average Bonchev–Trinajstić information content (AvgIpc) is 3.20. The van der Waals surface area contributed by atoms with Crippen LogP contribution >= 0.6 is 39.0 Å². The van der Waals surface area contributed by atoms with Crippen molar-refractivity contribution in [3.8, 4) is 22.6 Å². The third-order valence-corrected chi connectivity index (χ3v) is 5.99. The van der Waals surface area contributed by atoms with Crippen molar-refractivity contribution in [2.24, 2.45) is 0 Å². The second kappa shape index (κ2) is 8.89. The average molecular weight is 470 g/mol. The summed E-state index contributed by atoms with van der Waals surface area (Å²) < 4.78 is 0.854. The second-order valence-corrected chi connectivity index (χ2v) is 8.30. The zero-order valence-corrected chi connectivity index (χ0v) is 17.5. The van der Waals surface area contributed by atoms with Crippen LogP contribution in [0.2, 0.25) is 0 Å². The Bertz CT molecular complexity index is 1120. The van der Waals surface area contributed by atoms with Crippen molar-refractivity contribution in [1.29, 1.82) is 10.5 Å². The highest BCUT2D eigenvalue weighted by Gasteiger charge is 2.21. The minimum atomic E-state index is -0.241. The van der Waals surface area contributed by atoms with Crippen LogP contribution in [0.5, 0.6) is 0 Å². The van der Waals surface area contributed by atoms with E-state index < -0.39 is 0 Å². The molecule has 0 spiro atoms. The highest BCUT2D eigenvalue weighted by molar-refractivity contribution is 9.10. The number of nitrogen functional groups attached to an aromatic ring is 1. The smallest absolute Gasteiger partial charge is 0.234 e. The normalized spacial score (nSPS) is 10.1. The van der Waals surface area contributed by atoms with Crippen LogP contribution in [0, 0.1) is 22.7 Å². The van der Waals surface area contributed by atoms with Gasteiger partial charge in [-0.15, -0.1) is 11.3 Å². The van der Waals surface area contributed by atoms with Crippen molar-refractivity contribution >= 4 is 56.4 Å². The zero-order chi connectivity index (χ0) is 20.1. The Hall–Kier alpha value is -2.85. The van der Waals surface area contributed by atoms with Gasteiger partial charge in [0.05, 0.1) is 11.3 Å². The summed E-state index contributed by atoms with van der Waals surface area (Å²) in [5, 5.41) is 24.1. The maximum atomic E-state index is 12.3. The van der Waals surface area contributed by atoms with Crippen LogP contribution in [0.15, 0.2) is 51.3 Å². The number of nitrogens with zero attached hydrogens (tertiary/aromatic N) is 3. The van der Waals surface area contributed by atoms with Gasteiger partial charge in [0.25, 0.3) is 0 Å². The first-order valence-corrected chi connectivity index (χ1v) is 10.5. The van der Waals surface area contributed by atoms with Gasteiger partial charge in [0.1, 0.15) is 28.5 Å². The number of carbonyl (C=O) groups excluding carboxylic acids is 1. The predicted octanol–water partition coefficient (Wildman–Crippen LogP) is 4.63. The van der Waals surface area contributed by atoms with Crippen LogP contribution in [0.25, 0.3) is 10.4 Å². The molecule has 0 aliphatic carbocycles. The fourth-order valence-corrected chi connectivity index (χ4v) is 4.44. The van der Waals surface area contributed by atoms with E-state index in [-0.39, 0.29) is 28.6 Å². The van der Waals surface area contributed by atoms with E-state index in [1.165, 1.54) is 11.3 Å². The number of nitriles is 2. The van der Waals surface area contributed by atoms with Crippen LogP contribution in [0.4, 0.5) is 11.5 Å². The van der Waals surface area contributed by atoms with Gasteiger partial charge in [-0.3, -0.25) is 4.79 Å². The van der Waals surface area contributed by atoms with Gasteiger partial charge in [-0.2, -0.15) is 10.5 Å². The van der Waals surface area contributed by atoms with Crippen molar-refractivity contribution in [3.05, 3.63) is 57.4 Å². The largest absolute Gasteiger partial charge is 0.383 e. The van der Waals surface area contributed by atoms with Crippen LogP contribution in [0.3, 0.4) is 0 Å². The number of pyridine rings is 1. The molecule has 0 aliphatic rings. The lowest BCUT2D eigenvalue weighted by Crippen LogP contribution is -2.14. The van der Waals surface area contributed by atoms with E-state index >= 15 is 0 Å². The van der Waals surface area contributed by atoms with Crippen molar-refractivity contribution in [2.45, 2.75) is 5.03 Å². The van der Waals surface area contributed by atoms with E-state index in [1.807, 2.05) is 35.7 Å². The molecule has 28 heavy (non-hydrogen) atoms. The van der Waals surface area contributed by atoms with Crippen LogP contribution in [-0.4, -0.2) is 16.6 Å². The Morgan fingerprint density at radius 1 is 1.25 bits per heavy atom. The summed E-state index contributed by atoms with van der Waals surface area (Å²) in [5.74, 6) is -0.155. The summed E-state index contributed by atoms with van der Waals surface area (Å²) in [6, 6.07) is 15.0. The van der Waals surface area contributed by atoms with E-state index in [1.54, 1.807) is 12.1 Å². The number of rotatable bonds is 5. The molecule has 2 heterocycles. The van der Waals surface area contributed by atoms with E-state index in [9.17, 15) is 15.3 Å². The maximum absolute atomic E-state index is 12.3. The molecule has 0 unspecified atom stereocenters. The van der Waals surface area contributed by atoms with Crippen molar-refractivity contribution in [1.82, 2.24) is 4.98 Å². The first kappa shape index (κ1) is 19.9. The van der Waals surface area contributed by atoms with Gasteiger partial charge in [-0.1, -0.05) is 39.8 Å². The molecule has 2 aromatic heterocycles. The number of thioether (sulfide) groups is 1. The molecule has 0 saturated carbocycles. The van der Waals surface area contributed by atoms with E-state index in [0.29, 0.717) is 16.3 Å². The number of nitrogens with two attached hydrogens (primary N) is 1.